The van der Waals surface area contributed by atoms with Crippen molar-refractivity contribution in [2.24, 2.45) is 0 Å². The first kappa shape index (κ1) is 19.4. The van der Waals surface area contributed by atoms with Gasteiger partial charge < -0.3 is 24.6 Å². The van der Waals surface area contributed by atoms with Crippen LogP contribution < -0.4 is 20.1 Å². The molecule has 1 aromatic heterocycles. The molecule has 3 aromatic rings. The molecule has 0 bridgehead atoms. The highest BCUT2D eigenvalue weighted by molar-refractivity contribution is 5.94. The Morgan fingerprint density at radius 3 is 2.77 bits per heavy atom. The van der Waals surface area contributed by atoms with Crippen LogP contribution >= 0.6 is 0 Å². The molecule has 0 unspecified atom stereocenters. The van der Waals surface area contributed by atoms with Gasteiger partial charge in [-0.15, -0.1) is 0 Å². The minimum absolute atomic E-state index is 0.0110. The Kier molecular flexibility index (Phi) is 5.60. The quantitative estimate of drug-likeness (QED) is 0.617. The third-order valence-electron chi connectivity index (χ3n) is 4.62. The molecule has 2 N–H and O–H groups in total. The van der Waals surface area contributed by atoms with Gasteiger partial charge in [0.1, 0.15) is 11.5 Å². The molecule has 1 aliphatic rings. The molecule has 0 atom stereocenters. The number of methoxy groups -OCH3 is 1. The zero-order valence-corrected chi connectivity index (χ0v) is 16.3. The summed E-state index contributed by atoms with van der Waals surface area (Å²) in [6.07, 6.45) is 1.20. The largest absolute Gasteiger partial charge is 0.497 e. The number of hydrogen-bond acceptors (Lipinski definition) is 7. The van der Waals surface area contributed by atoms with Crippen LogP contribution in [0.15, 0.2) is 47.0 Å². The smallest absolute Gasteiger partial charge is 0.316 e. The number of ether oxygens (including phenoxy) is 2. The summed E-state index contributed by atoms with van der Waals surface area (Å²) in [5.41, 5.74) is 2.72. The van der Waals surface area contributed by atoms with Crippen LogP contribution in [0.4, 0.5) is 5.69 Å². The topological polar surface area (TPSA) is 116 Å². The third-order valence-corrected chi connectivity index (χ3v) is 4.62. The normalized spacial score (nSPS) is 12.6. The molecule has 30 heavy (non-hydrogen) atoms. The van der Waals surface area contributed by atoms with Gasteiger partial charge >= 0.3 is 11.8 Å². The number of nitrogens with one attached hydrogen (secondary N) is 2. The summed E-state index contributed by atoms with van der Waals surface area (Å²) in [6, 6.07) is 12.8. The van der Waals surface area contributed by atoms with Crippen LogP contribution in [0.1, 0.15) is 34.1 Å². The highest BCUT2D eigenvalue weighted by Gasteiger charge is 2.17. The fourth-order valence-corrected chi connectivity index (χ4v) is 2.99. The molecule has 9 nitrogen and oxygen atoms in total. The molecule has 154 valence electrons. The third kappa shape index (κ3) is 4.57. The summed E-state index contributed by atoms with van der Waals surface area (Å²) in [5, 5.41) is 9.32. The number of aromatic nitrogens is 2. The van der Waals surface area contributed by atoms with Crippen molar-refractivity contribution in [2.45, 2.75) is 26.0 Å². The number of nitrogens with zero attached hydrogens (tertiary/aromatic N) is 2. The zero-order chi connectivity index (χ0) is 20.9. The molecule has 4 rings (SSSR count). The Bertz CT molecular complexity index is 1060. The molecule has 0 aliphatic carbocycles. The highest BCUT2D eigenvalue weighted by Crippen LogP contribution is 2.27. The van der Waals surface area contributed by atoms with Crippen LogP contribution in [-0.2, 0) is 24.4 Å². The monoisotopic (exact) mass is 408 g/mol. The molecule has 2 amide bonds. The Balaban J connectivity index is 1.31. The van der Waals surface area contributed by atoms with E-state index < -0.39 is 5.91 Å². The van der Waals surface area contributed by atoms with Crippen molar-refractivity contribution >= 4 is 17.5 Å². The van der Waals surface area contributed by atoms with Crippen LogP contribution in [0, 0.1) is 0 Å². The van der Waals surface area contributed by atoms with Gasteiger partial charge in [-0.3, -0.25) is 9.59 Å². The van der Waals surface area contributed by atoms with E-state index in [9.17, 15) is 9.59 Å². The standard InChI is InChI=1S/C21H20N4O5/c1-28-15-6-2-13(3-7-15)11-22-20(27)21-24-18(25-30-21)12-29-16-8-4-14-5-9-19(26)23-17(14)10-16/h2-4,6-8,10H,5,9,11-12H2,1H3,(H,22,27)(H,23,26). The lowest BCUT2D eigenvalue weighted by atomic mass is 10.0. The van der Waals surface area contributed by atoms with Crippen molar-refractivity contribution in [1.29, 1.82) is 0 Å². The number of hydrogen-bond donors (Lipinski definition) is 2. The van der Waals surface area contributed by atoms with E-state index in [4.69, 9.17) is 14.0 Å². The molecule has 0 fully saturated rings. The molecule has 1 aliphatic heterocycles. The minimum atomic E-state index is -0.471. The fraction of sp³-hybridized carbons (Fsp3) is 0.238. The Hall–Kier alpha value is -3.88. The lowest BCUT2D eigenvalue weighted by molar-refractivity contribution is -0.116. The van der Waals surface area contributed by atoms with Crippen LogP contribution in [-0.4, -0.2) is 29.1 Å². The number of anilines is 1. The summed E-state index contributed by atoms with van der Waals surface area (Å²) in [4.78, 5) is 27.8. The second-order valence-electron chi connectivity index (χ2n) is 6.70. The Morgan fingerprint density at radius 2 is 1.97 bits per heavy atom. The molecular formula is C21H20N4O5. The van der Waals surface area contributed by atoms with Crippen LogP contribution in [0.5, 0.6) is 11.5 Å². The summed E-state index contributed by atoms with van der Waals surface area (Å²) in [6.45, 7) is 0.347. The average molecular weight is 408 g/mol. The second-order valence-corrected chi connectivity index (χ2v) is 6.70. The SMILES string of the molecule is COc1ccc(CNC(=O)c2nc(COc3ccc4c(c3)NC(=O)CC4)no2)cc1. The fourth-order valence-electron chi connectivity index (χ4n) is 2.99. The molecule has 9 heteroatoms. The molecule has 2 aromatic carbocycles. The van der Waals surface area contributed by atoms with Gasteiger partial charge in [0.25, 0.3) is 0 Å². The summed E-state index contributed by atoms with van der Waals surface area (Å²) in [7, 11) is 1.59. The van der Waals surface area contributed by atoms with Crippen LogP contribution in [0.2, 0.25) is 0 Å². The number of aryl methyl sites for hydroxylation is 1. The van der Waals surface area contributed by atoms with E-state index in [2.05, 4.69) is 20.8 Å². The van der Waals surface area contributed by atoms with Gasteiger partial charge in [-0.2, -0.15) is 4.98 Å². The molecule has 0 saturated carbocycles. The highest BCUT2D eigenvalue weighted by atomic mass is 16.5. The number of amides is 2. The van der Waals surface area contributed by atoms with Crippen molar-refractivity contribution in [3.05, 3.63) is 65.3 Å². The number of carbonyl (C=O) groups excluding carboxylic acids is 2. The van der Waals surface area contributed by atoms with E-state index in [-0.39, 0.29) is 24.2 Å². The first-order chi connectivity index (χ1) is 14.6. The van der Waals surface area contributed by atoms with E-state index >= 15 is 0 Å². The van der Waals surface area contributed by atoms with Gasteiger partial charge in [0.05, 0.1) is 7.11 Å². The summed E-state index contributed by atoms with van der Waals surface area (Å²) in [5.74, 6) is 0.925. The van der Waals surface area contributed by atoms with Gasteiger partial charge in [0, 0.05) is 24.7 Å². The first-order valence-electron chi connectivity index (χ1n) is 9.40. The average Bonchev–Trinajstić information content (AvgIpc) is 3.25. The van der Waals surface area contributed by atoms with Crippen molar-refractivity contribution in [1.82, 2.24) is 15.5 Å². The van der Waals surface area contributed by atoms with E-state index in [1.165, 1.54) is 0 Å². The molecule has 0 spiro atoms. The number of fused-ring (bicyclic) bond motifs is 1. The van der Waals surface area contributed by atoms with E-state index in [0.29, 0.717) is 25.1 Å². The van der Waals surface area contributed by atoms with Crippen molar-refractivity contribution in [3.8, 4) is 11.5 Å². The molecular weight excluding hydrogens is 388 g/mol. The number of carbonyl (C=O) groups is 2. The zero-order valence-electron chi connectivity index (χ0n) is 16.3. The van der Waals surface area contributed by atoms with Gasteiger partial charge in [0.2, 0.25) is 11.7 Å². The molecule has 2 heterocycles. The summed E-state index contributed by atoms with van der Waals surface area (Å²) >= 11 is 0. The van der Waals surface area contributed by atoms with Crippen molar-refractivity contribution in [3.63, 3.8) is 0 Å². The molecule has 0 saturated heterocycles. The van der Waals surface area contributed by atoms with Crippen LogP contribution in [0.3, 0.4) is 0 Å². The number of benzene rings is 2. The summed E-state index contributed by atoms with van der Waals surface area (Å²) < 4.78 is 15.8. The number of rotatable bonds is 7. The Morgan fingerprint density at radius 1 is 1.17 bits per heavy atom. The lowest BCUT2D eigenvalue weighted by Gasteiger charge is -2.17. The maximum Gasteiger partial charge on any atom is 0.316 e. The predicted molar refractivity (Wildman–Crippen MR) is 106 cm³/mol. The maximum absolute atomic E-state index is 12.2. The van der Waals surface area contributed by atoms with Gasteiger partial charge in [-0.05, 0) is 35.7 Å². The maximum atomic E-state index is 12.2. The van der Waals surface area contributed by atoms with Crippen LogP contribution in [0.25, 0.3) is 0 Å². The minimum Gasteiger partial charge on any atom is -0.497 e. The first-order valence-corrected chi connectivity index (χ1v) is 9.40. The van der Waals surface area contributed by atoms with E-state index in [0.717, 1.165) is 22.6 Å². The molecule has 0 radical (unpaired) electrons. The second kappa shape index (κ2) is 8.64. The van der Waals surface area contributed by atoms with Gasteiger partial charge in [-0.25, -0.2) is 0 Å². The Labute approximate surface area is 172 Å². The van der Waals surface area contributed by atoms with E-state index in [1.807, 2.05) is 36.4 Å². The van der Waals surface area contributed by atoms with Crippen molar-refractivity contribution in [2.75, 3.05) is 12.4 Å². The van der Waals surface area contributed by atoms with Gasteiger partial charge in [0.15, 0.2) is 6.61 Å². The predicted octanol–water partition coefficient (Wildman–Crippen LogP) is 2.47. The van der Waals surface area contributed by atoms with Gasteiger partial charge in [-0.1, -0.05) is 23.4 Å². The lowest BCUT2D eigenvalue weighted by Crippen LogP contribution is -2.23. The van der Waals surface area contributed by atoms with Crippen molar-refractivity contribution < 1.29 is 23.6 Å². The van der Waals surface area contributed by atoms with E-state index in [1.54, 1.807) is 13.2 Å².